The lowest BCUT2D eigenvalue weighted by Crippen LogP contribution is -2.53. The predicted molar refractivity (Wildman–Crippen MR) is 80.4 cm³/mol. The first-order chi connectivity index (χ1) is 9.35. The Labute approximate surface area is 123 Å². The zero-order valence-electron chi connectivity index (χ0n) is 13.2. The van der Waals surface area contributed by atoms with Crippen LogP contribution in [-0.2, 0) is 9.53 Å². The van der Waals surface area contributed by atoms with Crippen molar-refractivity contribution >= 4 is 5.91 Å². The second-order valence-corrected chi connectivity index (χ2v) is 7.29. The van der Waals surface area contributed by atoms with E-state index in [4.69, 9.17) is 10.5 Å². The van der Waals surface area contributed by atoms with Crippen LogP contribution in [-0.4, -0.2) is 41.6 Å². The number of rotatable bonds is 3. The first-order valence-electron chi connectivity index (χ1n) is 8.07. The van der Waals surface area contributed by atoms with Gasteiger partial charge in [-0.25, -0.2) is 0 Å². The number of amides is 1. The van der Waals surface area contributed by atoms with Crippen molar-refractivity contribution in [3.8, 4) is 0 Å². The first-order valence-corrected chi connectivity index (χ1v) is 8.07. The van der Waals surface area contributed by atoms with Gasteiger partial charge in [-0.05, 0) is 46.0 Å². The van der Waals surface area contributed by atoms with Crippen molar-refractivity contribution in [3.63, 3.8) is 0 Å². The summed E-state index contributed by atoms with van der Waals surface area (Å²) < 4.78 is 5.85. The van der Waals surface area contributed by atoms with Crippen LogP contribution in [0.3, 0.4) is 0 Å². The number of ether oxygens (including phenoxy) is 1. The smallest absolute Gasteiger partial charge is 0.222 e. The van der Waals surface area contributed by atoms with Gasteiger partial charge in [-0.15, -0.1) is 0 Å². The molecule has 2 N–H and O–H groups in total. The molecule has 1 amide bonds. The molecule has 2 aliphatic rings. The molecule has 116 valence electrons. The van der Waals surface area contributed by atoms with Crippen LogP contribution in [0, 0.1) is 5.92 Å². The summed E-state index contributed by atoms with van der Waals surface area (Å²) in [6.07, 6.45) is 6.51. The first kappa shape index (κ1) is 15.8. The average Bonchev–Trinajstić information content (AvgIpc) is 2.33. The summed E-state index contributed by atoms with van der Waals surface area (Å²) in [5, 5.41) is 0. The van der Waals surface area contributed by atoms with E-state index in [1.165, 1.54) is 12.8 Å². The molecule has 1 saturated carbocycles. The van der Waals surface area contributed by atoms with E-state index < -0.39 is 0 Å². The maximum absolute atomic E-state index is 12.4. The molecule has 20 heavy (non-hydrogen) atoms. The molecule has 4 nitrogen and oxygen atoms in total. The van der Waals surface area contributed by atoms with E-state index in [2.05, 4.69) is 13.8 Å². The maximum atomic E-state index is 12.4. The van der Waals surface area contributed by atoms with Crippen LogP contribution in [0.2, 0.25) is 0 Å². The van der Waals surface area contributed by atoms with Gasteiger partial charge < -0.3 is 15.4 Å². The van der Waals surface area contributed by atoms with E-state index in [1.54, 1.807) is 0 Å². The van der Waals surface area contributed by atoms with Crippen molar-refractivity contribution in [2.24, 2.45) is 11.7 Å². The molecule has 0 bridgehead atoms. The fourth-order valence-corrected chi connectivity index (χ4v) is 3.72. The highest BCUT2D eigenvalue weighted by Crippen LogP contribution is 2.28. The van der Waals surface area contributed by atoms with Gasteiger partial charge in [0.05, 0.1) is 11.7 Å². The minimum atomic E-state index is -0.222. The molecule has 2 fully saturated rings. The predicted octanol–water partition coefficient (Wildman–Crippen LogP) is 2.31. The quantitative estimate of drug-likeness (QED) is 0.864. The zero-order valence-corrected chi connectivity index (χ0v) is 13.2. The maximum Gasteiger partial charge on any atom is 0.222 e. The van der Waals surface area contributed by atoms with Gasteiger partial charge in [0.15, 0.2) is 0 Å². The third-order valence-electron chi connectivity index (χ3n) is 4.51. The third kappa shape index (κ3) is 4.45. The summed E-state index contributed by atoms with van der Waals surface area (Å²) in [5.41, 5.74) is 5.79. The van der Waals surface area contributed by atoms with Crippen LogP contribution >= 0.6 is 0 Å². The molecule has 2 rings (SSSR count). The molecule has 1 aliphatic carbocycles. The normalized spacial score (nSPS) is 34.0. The summed E-state index contributed by atoms with van der Waals surface area (Å²) in [7, 11) is 0. The lowest BCUT2D eigenvalue weighted by atomic mass is 9.83. The van der Waals surface area contributed by atoms with Crippen LogP contribution in [0.5, 0.6) is 0 Å². The van der Waals surface area contributed by atoms with Crippen LogP contribution in [0.1, 0.15) is 59.3 Å². The van der Waals surface area contributed by atoms with Crippen molar-refractivity contribution in [2.45, 2.75) is 77.0 Å². The molecule has 4 heteroatoms. The third-order valence-corrected chi connectivity index (χ3v) is 4.51. The number of nitrogens with zero attached hydrogens (tertiary/aromatic N) is 1. The van der Waals surface area contributed by atoms with Crippen LogP contribution in [0.25, 0.3) is 0 Å². The van der Waals surface area contributed by atoms with E-state index in [1.807, 2.05) is 11.8 Å². The molecule has 0 aromatic carbocycles. The Kier molecular flexibility index (Phi) is 5.08. The van der Waals surface area contributed by atoms with Crippen LogP contribution < -0.4 is 5.73 Å². The average molecular weight is 282 g/mol. The molecule has 0 radical (unpaired) electrons. The molecular weight excluding hydrogens is 252 g/mol. The van der Waals surface area contributed by atoms with Gasteiger partial charge in [0.25, 0.3) is 0 Å². The lowest BCUT2D eigenvalue weighted by Gasteiger charge is -2.42. The number of carbonyl (C=O) groups is 1. The number of nitrogens with two attached hydrogens (primary N) is 1. The Morgan fingerprint density at radius 3 is 2.80 bits per heavy atom. The van der Waals surface area contributed by atoms with Crippen LogP contribution in [0.15, 0.2) is 0 Å². The van der Waals surface area contributed by atoms with Crippen molar-refractivity contribution in [3.05, 3.63) is 0 Å². The highest BCUT2D eigenvalue weighted by Gasteiger charge is 2.33. The molecule has 0 spiro atoms. The Morgan fingerprint density at radius 2 is 2.15 bits per heavy atom. The molecular formula is C16H30N2O2. The van der Waals surface area contributed by atoms with Crippen molar-refractivity contribution in [2.75, 3.05) is 13.1 Å². The topological polar surface area (TPSA) is 55.6 Å². The number of morpholine rings is 1. The second-order valence-electron chi connectivity index (χ2n) is 7.29. The van der Waals surface area contributed by atoms with Gasteiger partial charge in [0.1, 0.15) is 0 Å². The molecule has 0 aromatic rings. The van der Waals surface area contributed by atoms with Crippen molar-refractivity contribution < 1.29 is 9.53 Å². The lowest BCUT2D eigenvalue weighted by molar-refractivity contribution is -0.158. The molecule has 1 saturated heterocycles. The van der Waals surface area contributed by atoms with Crippen molar-refractivity contribution in [1.29, 1.82) is 0 Å². The Morgan fingerprint density at radius 1 is 1.40 bits per heavy atom. The second kappa shape index (κ2) is 6.44. The van der Waals surface area contributed by atoms with E-state index >= 15 is 0 Å². The Balaban J connectivity index is 1.79. The summed E-state index contributed by atoms with van der Waals surface area (Å²) >= 11 is 0. The highest BCUT2D eigenvalue weighted by atomic mass is 16.5. The number of carbonyl (C=O) groups excluding carboxylic acids is 1. The zero-order chi connectivity index (χ0) is 14.8. The molecule has 1 heterocycles. The molecule has 0 aromatic heterocycles. The standard InChI is InChI=1S/C16H30N2O2/c1-12-10-18(11-16(2,3)20-12)15(19)8-7-13-5-4-6-14(17)9-13/h12-14H,4-11,17H2,1-3H3. The van der Waals surface area contributed by atoms with Gasteiger partial charge in [-0.3, -0.25) is 4.79 Å². The van der Waals surface area contributed by atoms with Crippen molar-refractivity contribution in [1.82, 2.24) is 4.90 Å². The van der Waals surface area contributed by atoms with Gasteiger partial charge >= 0.3 is 0 Å². The number of hydrogen-bond donors (Lipinski definition) is 1. The van der Waals surface area contributed by atoms with Gasteiger partial charge in [0, 0.05) is 25.6 Å². The molecule has 3 atom stereocenters. The monoisotopic (exact) mass is 282 g/mol. The van der Waals surface area contributed by atoms with Gasteiger partial charge in [-0.1, -0.05) is 12.8 Å². The summed E-state index contributed by atoms with van der Waals surface area (Å²) in [6.45, 7) is 7.60. The van der Waals surface area contributed by atoms with Gasteiger partial charge in [0.2, 0.25) is 5.91 Å². The van der Waals surface area contributed by atoms with E-state index in [0.29, 0.717) is 24.9 Å². The SMILES string of the molecule is CC1CN(C(=O)CCC2CCCC(N)C2)CC(C)(C)O1. The number of hydrogen-bond acceptors (Lipinski definition) is 3. The molecule has 3 unspecified atom stereocenters. The Hall–Kier alpha value is -0.610. The minimum Gasteiger partial charge on any atom is -0.369 e. The van der Waals surface area contributed by atoms with E-state index in [0.717, 1.165) is 25.8 Å². The highest BCUT2D eigenvalue weighted by molar-refractivity contribution is 5.76. The minimum absolute atomic E-state index is 0.130. The summed E-state index contributed by atoms with van der Waals surface area (Å²) in [6, 6.07) is 0.353. The molecule has 1 aliphatic heterocycles. The van der Waals surface area contributed by atoms with E-state index in [-0.39, 0.29) is 17.6 Å². The summed E-state index contributed by atoms with van der Waals surface area (Å²) in [4.78, 5) is 14.4. The fraction of sp³-hybridized carbons (Fsp3) is 0.938. The van der Waals surface area contributed by atoms with Crippen LogP contribution in [0.4, 0.5) is 0 Å². The van der Waals surface area contributed by atoms with Gasteiger partial charge in [-0.2, -0.15) is 0 Å². The Bertz CT molecular complexity index is 343. The fourth-order valence-electron chi connectivity index (χ4n) is 3.72. The summed E-state index contributed by atoms with van der Waals surface area (Å²) in [5.74, 6) is 0.932. The van der Waals surface area contributed by atoms with E-state index in [9.17, 15) is 4.79 Å². The largest absolute Gasteiger partial charge is 0.369 e.